The van der Waals surface area contributed by atoms with E-state index in [1.807, 2.05) is 13.8 Å². The number of amides is 2. The summed E-state index contributed by atoms with van der Waals surface area (Å²) in [7, 11) is 0. The van der Waals surface area contributed by atoms with Crippen molar-refractivity contribution in [3.63, 3.8) is 0 Å². The molecule has 0 saturated carbocycles. The van der Waals surface area contributed by atoms with Gasteiger partial charge in [0, 0.05) is 25.6 Å². The number of hydrogen-bond acceptors (Lipinski definition) is 3. The second kappa shape index (κ2) is 15.4. The lowest BCUT2D eigenvalue weighted by molar-refractivity contribution is -0.126. The van der Waals surface area contributed by atoms with E-state index >= 15 is 0 Å². The van der Waals surface area contributed by atoms with Crippen LogP contribution in [0.25, 0.3) is 0 Å². The maximum absolute atomic E-state index is 11.5. The van der Waals surface area contributed by atoms with Crippen LogP contribution in [0.2, 0.25) is 0 Å². The van der Waals surface area contributed by atoms with Gasteiger partial charge in [-0.25, -0.2) is 0 Å². The third kappa shape index (κ3) is 17.3. The highest BCUT2D eigenvalue weighted by molar-refractivity contribution is 5.77. The van der Waals surface area contributed by atoms with E-state index < -0.39 is 0 Å². The Bertz CT molecular complexity index is 299. The summed E-state index contributed by atoms with van der Waals surface area (Å²) in [4.78, 5) is 22.8. The van der Waals surface area contributed by atoms with Gasteiger partial charge in [0.05, 0.1) is 0 Å². The molecule has 24 heavy (non-hydrogen) atoms. The van der Waals surface area contributed by atoms with Gasteiger partial charge < -0.3 is 15.4 Å². The van der Waals surface area contributed by atoms with Crippen LogP contribution in [0, 0.1) is 5.92 Å². The molecule has 0 saturated heterocycles. The zero-order chi connectivity index (χ0) is 18.2. The molecule has 0 radical (unpaired) electrons. The Morgan fingerprint density at radius 2 is 1.42 bits per heavy atom. The van der Waals surface area contributed by atoms with E-state index in [1.165, 1.54) is 25.7 Å². The molecule has 5 heteroatoms. The van der Waals surface area contributed by atoms with Crippen molar-refractivity contribution in [3.8, 4) is 0 Å². The van der Waals surface area contributed by atoms with Gasteiger partial charge in [-0.2, -0.15) is 0 Å². The van der Waals surface area contributed by atoms with E-state index in [1.54, 1.807) is 0 Å². The number of carbonyl (C=O) groups excluding carboxylic acids is 2. The Morgan fingerprint density at radius 3 is 2.00 bits per heavy atom. The number of carbonyl (C=O) groups is 2. The van der Waals surface area contributed by atoms with Gasteiger partial charge in [0.1, 0.15) is 6.61 Å². The number of rotatable bonds is 15. The smallest absolute Gasteiger partial charge is 0.246 e. The average molecular weight is 343 g/mol. The van der Waals surface area contributed by atoms with Gasteiger partial charge in [-0.05, 0) is 32.6 Å². The molecule has 0 rings (SSSR count). The van der Waals surface area contributed by atoms with Gasteiger partial charge in [0.25, 0.3) is 0 Å². The maximum Gasteiger partial charge on any atom is 0.246 e. The van der Waals surface area contributed by atoms with E-state index in [2.05, 4.69) is 24.5 Å². The minimum atomic E-state index is -0.0366. The van der Waals surface area contributed by atoms with Crippen molar-refractivity contribution >= 4 is 11.8 Å². The molecular formula is C19H38N2O3. The normalized spacial score (nSPS) is 11.1. The summed E-state index contributed by atoms with van der Waals surface area (Å²) in [6, 6.07) is 0.171. The Hall–Kier alpha value is -1.10. The molecule has 0 aliphatic rings. The third-order valence-corrected chi connectivity index (χ3v) is 3.56. The first-order valence-corrected chi connectivity index (χ1v) is 9.55. The van der Waals surface area contributed by atoms with E-state index in [9.17, 15) is 9.59 Å². The summed E-state index contributed by atoms with van der Waals surface area (Å²) in [5, 5.41) is 5.78. The first-order chi connectivity index (χ1) is 11.4. The summed E-state index contributed by atoms with van der Waals surface area (Å²) < 4.78 is 5.35. The van der Waals surface area contributed by atoms with Crippen LogP contribution in [0.15, 0.2) is 0 Å². The molecule has 2 N–H and O–H groups in total. The minimum absolute atomic E-state index is 0.0366. The van der Waals surface area contributed by atoms with E-state index in [0.29, 0.717) is 18.9 Å². The molecule has 0 aliphatic heterocycles. The zero-order valence-electron chi connectivity index (χ0n) is 16.2. The third-order valence-electron chi connectivity index (χ3n) is 3.56. The summed E-state index contributed by atoms with van der Waals surface area (Å²) in [6.45, 7) is 9.64. The largest absolute Gasteiger partial charge is 0.372 e. The fourth-order valence-corrected chi connectivity index (χ4v) is 2.41. The van der Waals surface area contributed by atoms with Crippen LogP contribution in [0.1, 0.15) is 79.1 Å². The molecule has 5 nitrogen and oxygen atoms in total. The lowest BCUT2D eigenvalue weighted by atomic mass is 10.1. The van der Waals surface area contributed by atoms with Crippen LogP contribution >= 0.6 is 0 Å². The number of unbranched alkanes of at least 4 members (excludes halogenated alkanes) is 6. The monoisotopic (exact) mass is 342 g/mol. The highest BCUT2D eigenvalue weighted by Crippen LogP contribution is 2.07. The molecule has 0 aliphatic carbocycles. The van der Waals surface area contributed by atoms with Crippen LogP contribution in [-0.4, -0.2) is 37.6 Å². The second-order valence-corrected chi connectivity index (χ2v) is 7.20. The molecule has 0 heterocycles. The summed E-state index contributed by atoms with van der Waals surface area (Å²) in [5.41, 5.74) is 0. The first-order valence-electron chi connectivity index (χ1n) is 9.55. The number of nitrogens with one attached hydrogen (secondary N) is 2. The van der Waals surface area contributed by atoms with Gasteiger partial charge in [0.15, 0.2) is 0 Å². The van der Waals surface area contributed by atoms with Crippen molar-refractivity contribution in [1.29, 1.82) is 0 Å². The summed E-state index contributed by atoms with van der Waals surface area (Å²) >= 11 is 0. The van der Waals surface area contributed by atoms with Gasteiger partial charge >= 0.3 is 0 Å². The SMILES string of the molecule is CC(C)CC(=O)NCCCCCCCCCOCC(=O)NC(C)C. The van der Waals surface area contributed by atoms with Crippen molar-refractivity contribution in [3.05, 3.63) is 0 Å². The molecule has 2 amide bonds. The Balaban J connectivity index is 3.20. The molecular weight excluding hydrogens is 304 g/mol. The Morgan fingerprint density at radius 1 is 0.833 bits per heavy atom. The van der Waals surface area contributed by atoms with Crippen molar-refractivity contribution in [2.75, 3.05) is 19.8 Å². The van der Waals surface area contributed by atoms with Gasteiger partial charge in [-0.15, -0.1) is 0 Å². The summed E-state index contributed by atoms with van der Waals surface area (Å²) in [5.74, 6) is 0.566. The minimum Gasteiger partial charge on any atom is -0.372 e. The molecule has 0 atom stereocenters. The quantitative estimate of drug-likeness (QED) is 0.448. The lowest BCUT2D eigenvalue weighted by Crippen LogP contribution is -2.33. The number of hydrogen-bond donors (Lipinski definition) is 2. The molecule has 0 bridgehead atoms. The second-order valence-electron chi connectivity index (χ2n) is 7.20. The highest BCUT2D eigenvalue weighted by Gasteiger charge is 2.03. The first kappa shape index (κ1) is 22.9. The summed E-state index contributed by atoms with van der Waals surface area (Å²) in [6.07, 6.45) is 8.69. The van der Waals surface area contributed by atoms with Crippen LogP contribution < -0.4 is 10.6 Å². The average Bonchev–Trinajstić information content (AvgIpc) is 2.46. The molecule has 0 aromatic carbocycles. The highest BCUT2D eigenvalue weighted by atomic mass is 16.5. The van der Waals surface area contributed by atoms with Crippen molar-refractivity contribution in [2.45, 2.75) is 85.1 Å². The van der Waals surface area contributed by atoms with E-state index in [4.69, 9.17) is 4.74 Å². The van der Waals surface area contributed by atoms with E-state index in [0.717, 1.165) is 25.8 Å². The predicted octanol–water partition coefficient (Wildman–Crippen LogP) is 3.42. The van der Waals surface area contributed by atoms with Crippen LogP contribution in [0.3, 0.4) is 0 Å². The van der Waals surface area contributed by atoms with Gasteiger partial charge in [-0.3, -0.25) is 9.59 Å². The lowest BCUT2D eigenvalue weighted by Gasteiger charge is -2.08. The fraction of sp³-hybridized carbons (Fsp3) is 0.895. The van der Waals surface area contributed by atoms with Gasteiger partial charge in [-0.1, -0.05) is 46.0 Å². The van der Waals surface area contributed by atoms with Crippen molar-refractivity contribution < 1.29 is 14.3 Å². The zero-order valence-corrected chi connectivity index (χ0v) is 16.2. The van der Waals surface area contributed by atoms with E-state index in [-0.39, 0.29) is 24.5 Å². The molecule has 142 valence electrons. The number of ether oxygens (including phenoxy) is 1. The molecule has 0 fully saturated rings. The van der Waals surface area contributed by atoms with Crippen LogP contribution in [0.5, 0.6) is 0 Å². The molecule has 0 unspecified atom stereocenters. The van der Waals surface area contributed by atoms with Gasteiger partial charge in [0.2, 0.25) is 11.8 Å². The Kier molecular flexibility index (Phi) is 14.7. The predicted molar refractivity (Wildman–Crippen MR) is 98.9 cm³/mol. The molecule has 0 spiro atoms. The Labute approximate surface area is 148 Å². The molecule has 0 aromatic rings. The topological polar surface area (TPSA) is 67.4 Å². The maximum atomic E-state index is 11.5. The fourth-order valence-electron chi connectivity index (χ4n) is 2.41. The van der Waals surface area contributed by atoms with Crippen LogP contribution in [0.4, 0.5) is 0 Å². The standard InChI is InChI=1S/C19H38N2O3/c1-16(2)14-18(22)20-12-10-8-6-5-7-9-11-13-24-15-19(23)21-17(3)4/h16-17H,5-15H2,1-4H3,(H,20,22)(H,21,23). The van der Waals surface area contributed by atoms with Crippen molar-refractivity contribution in [1.82, 2.24) is 10.6 Å². The molecule has 0 aromatic heterocycles. The van der Waals surface area contributed by atoms with Crippen molar-refractivity contribution in [2.24, 2.45) is 5.92 Å². The van der Waals surface area contributed by atoms with Crippen LogP contribution in [-0.2, 0) is 14.3 Å².